The first-order valence-electron chi connectivity index (χ1n) is 4.67. The van der Waals surface area contributed by atoms with E-state index in [2.05, 4.69) is 12.1 Å². The average molecular weight is 217 g/mol. The Balaban J connectivity index is 2.24. The number of hydrogen-bond donors (Lipinski definition) is 1. The van der Waals surface area contributed by atoms with E-state index in [1.54, 1.807) is 11.3 Å². The minimum atomic E-state index is -0.285. The number of benzene rings is 1. The fraction of sp³-hybridized carbons (Fsp3) is 0.0833. The van der Waals surface area contributed by atoms with Gasteiger partial charge in [0, 0.05) is 4.88 Å². The van der Waals surface area contributed by atoms with Gasteiger partial charge in [0.05, 0.1) is 6.42 Å². The van der Waals surface area contributed by atoms with Crippen LogP contribution < -0.4 is 5.73 Å². The zero-order valence-corrected chi connectivity index (χ0v) is 8.96. The van der Waals surface area contributed by atoms with Gasteiger partial charge in [0.2, 0.25) is 5.91 Å². The molecule has 0 aliphatic rings. The predicted molar refractivity (Wildman–Crippen MR) is 62.7 cm³/mol. The Labute approximate surface area is 92.4 Å². The number of hydrogen-bond acceptors (Lipinski definition) is 2. The molecule has 0 spiro atoms. The van der Waals surface area contributed by atoms with E-state index < -0.39 is 0 Å². The molecule has 0 aliphatic heterocycles. The van der Waals surface area contributed by atoms with Gasteiger partial charge < -0.3 is 5.73 Å². The third-order valence-electron chi connectivity index (χ3n) is 2.09. The summed E-state index contributed by atoms with van der Waals surface area (Å²) in [5.41, 5.74) is 7.31. The second kappa shape index (κ2) is 4.28. The summed E-state index contributed by atoms with van der Waals surface area (Å²) in [6.45, 7) is 0. The van der Waals surface area contributed by atoms with E-state index in [1.165, 1.54) is 10.4 Å². The Morgan fingerprint density at radius 2 is 2.00 bits per heavy atom. The van der Waals surface area contributed by atoms with E-state index >= 15 is 0 Å². The molecule has 2 N–H and O–H groups in total. The van der Waals surface area contributed by atoms with Crippen LogP contribution in [-0.4, -0.2) is 5.91 Å². The van der Waals surface area contributed by atoms with Crippen molar-refractivity contribution in [1.29, 1.82) is 0 Å². The van der Waals surface area contributed by atoms with Crippen molar-refractivity contribution < 1.29 is 4.79 Å². The smallest absolute Gasteiger partial charge is 0.221 e. The van der Waals surface area contributed by atoms with Crippen LogP contribution in [0.3, 0.4) is 0 Å². The van der Waals surface area contributed by atoms with Crippen molar-refractivity contribution in [2.45, 2.75) is 6.42 Å². The Morgan fingerprint density at radius 1 is 1.27 bits per heavy atom. The third-order valence-corrected chi connectivity index (χ3v) is 3.12. The molecule has 0 radical (unpaired) electrons. The summed E-state index contributed by atoms with van der Waals surface area (Å²) in [7, 11) is 0. The Kier molecular flexibility index (Phi) is 2.83. The van der Waals surface area contributed by atoms with Crippen LogP contribution in [-0.2, 0) is 11.2 Å². The first-order valence-corrected chi connectivity index (χ1v) is 5.55. The van der Waals surface area contributed by atoms with E-state index in [1.807, 2.05) is 29.6 Å². The molecule has 1 aromatic heterocycles. The molecule has 15 heavy (non-hydrogen) atoms. The molecule has 0 saturated carbocycles. The maximum atomic E-state index is 10.7. The van der Waals surface area contributed by atoms with Gasteiger partial charge >= 0.3 is 0 Å². The largest absolute Gasteiger partial charge is 0.369 e. The molecule has 1 amide bonds. The minimum absolute atomic E-state index is 0.285. The average Bonchev–Trinajstić information content (AvgIpc) is 2.67. The topological polar surface area (TPSA) is 43.1 Å². The molecule has 0 fully saturated rings. The third kappa shape index (κ3) is 2.44. The molecule has 3 heteroatoms. The summed E-state index contributed by atoms with van der Waals surface area (Å²) in [5.74, 6) is -0.285. The van der Waals surface area contributed by atoms with Gasteiger partial charge in [0.25, 0.3) is 0 Å². The standard InChI is InChI=1S/C12H11NOS/c13-12(14)7-9-6-11(15-8-9)10-4-2-1-3-5-10/h1-6,8H,7H2,(H2,13,14). The highest BCUT2D eigenvalue weighted by Crippen LogP contribution is 2.26. The predicted octanol–water partition coefficient (Wildman–Crippen LogP) is 2.44. The number of rotatable bonds is 3. The van der Waals surface area contributed by atoms with Crippen molar-refractivity contribution in [3.63, 3.8) is 0 Å². The van der Waals surface area contributed by atoms with Gasteiger partial charge in [-0.1, -0.05) is 30.3 Å². The molecule has 0 bridgehead atoms. The van der Waals surface area contributed by atoms with Crippen molar-refractivity contribution in [3.8, 4) is 10.4 Å². The van der Waals surface area contributed by atoms with Gasteiger partial charge in [0.1, 0.15) is 0 Å². The number of thiophene rings is 1. The van der Waals surface area contributed by atoms with Crippen molar-refractivity contribution >= 4 is 17.2 Å². The van der Waals surface area contributed by atoms with E-state index in [0.29, 0.717) is 6.42 Å². The molecule has 0 saturated heterocycles. The number of primary amides is 1. The van der Waals surface area contributed by atoms with Crippen LogP contribution in [0.4, 0.5) is 0 Å². The lowest BCUT2D eigenvalue weighted by Gasteiger charge is -1.94. The van der Waals surface area contributed by atoms with Gasteiger partial charge in [-0.2, -0.15) is 0 Å². The fourth-order valence-electron chi connectivity index (χ4n) is 1.42. The zero-order chi connectivity index (χ0) is 10.7. The van der Waals surface area contributed by atoms with Crippen molar-refractivity contribution in [1.82, 2.24) is 0 Å². The van der Waals surface area contributed by atoms with Crippen molar-refractivity contribution in [2.24, 2.45) is 5.73 Å². The molecule has 0 atom stereocenters. The first kappa shape index (κ1) is 9.93. The van der Waals surface area contributed by atoms with Gasteiger partial charge in [-0.05, 0) is 22.6 Å². The fourth-order valence-corrected chi connectivity index (χ4v) is 2.34. The SMILES string of the molecule is NC(=O)Cc1csc(-c2ccccc2)c1. The van der Waals surface area contributed by atoms with E-state index in [-0.39, 0.29) is 5.91 Å². The summed E-state index contributed by atoms with van der Waals surface area (Å²) < 4.78 is 0. The maximum absolute atomic E-state index is 10.7. The number of nitrogens with two attached hydrogens (primary N) is 1. The number of carbonyl (C=O) groups excluding carboxylic acids is 1. The zero-order valence-electron chi connectivity index (χ0n) is 8.14. The van der Waals surface area contributed by atoms with Crippen LogP contribution in [0.2, 0.25) is 0 Å². The highest BCUT2D eigenvalue weighted by molar-refractivity contribution is 7.13. The highest BCUT2D eigenvalue weighted by Gasteiger charge is 2.04. The van der Waals surface area contributed by atoms with Crippen LogP contribution in [0.1, 0.15) is 5.56 Å². The van der Waals surface area contributed by atoms with Crippen LogP contribution >= 0.6 is 11.3 Å². The molecule has 1 heterocycles. The monoisotopic (exact) mass is 217 g/mol. The summed E-state index contributed by atoms with van der Waals surface area (Å²) in [6, 6.07) is 12.1. The summed E-state index contributed by atoms with van der Waals surface area (Å²) in [6.07, 6.45) is 0.323. The molecule has 2 aromatic rings. The quantitative estimate of drug-likeness (QED) is 0.843. The lowest BCUT2D eigenvalue weighted by molar-refractivity contribution is -0.117. The lowest BCUT2D eigenvalue weighted by Crippen LogP contribution is -2.12. The van der Waals surface area contributed by atoms with Gasteiger partial charge in [-0.15, -0.1) is 11.3 Å². The molecule has 2 rings (SSSR count). The molecule has 2 nitrogen and oxygen atoms in total. The van der Waals surface area contributed by atoms with E-state index in [0.717, 1.165) is 5.56 Å². The van der Waals surface area contributed by atoms with Crippen LogP contribution in [0.5, 0.6) is 0 Å². The number of amides is 1. The minimum Gasteiger partial charge on any atom is -0.369 e. The van der Waals surface area contributed by atoms with Gasteiger partial charge in [-0.25, -0.2) is 0 Å². The molecular weight excluding hydrogens is 206 g/mol. The molecular formula is C12H11NOS. The van der Waals surface area contributed by atoms with E-state index in [4.69, 9.17) is 5.73 Å². The van der Waals surface area contributed by atoms with Crippen LogP contribution in [0, 0.1) is 0 Å². The molecule has 76 valence electrons. The van der Waals surface area contributed by atoms with E-state index in [9.17, 15) is 4.79 Å². The second-order valence-corrected chi connectivity index (χ2v) is 4.24. The Bertz CT molecular complexity index is 461. The summed E-state index contributed by atoms with van der Waals surface area (Å²) in [4.78, 5) is 11.9. The Morgan fingerprint density at radius 3 is 2.67 bits per heavy atom. The molecule has 0 aliphatic carbocycles. The summed E-state index contributed by atoms with van der Waals surface area (Å²) in [5, 5.41) is 1.98. The van der Waals surface area contributed by atoms with Gasteiger partial charge in [0.15, 0.2) is 0 Å². The second-order valence-electron chi connectivity index (χ2n) is 3.33. The molecule has 0 unspecified atom stereocenters. The molecule has 1 aromatic carbocycles. The van der Waals surface area contributed by atoms with Crippen LogP contribution in [0.15, 0.2) is 41.8 Å². The maximum Gasteiger partial charge on any atom is 0.221 e. The van der Waals surface area contributed by atoms with Crippen LogP contribution in [0.25, 0.3) is 10.4 Å². The van der Waals surface area contributed by atoms with Crippen molar-refractivity contribution in [3.05, 3.63) is 47.3 Å². The first-order chi connectivity index (χ1) is 7.25. The number of carbonyl (C=O) groups is 1. The van der Waals surface area contributed by atoms with Gasteiger partial charge in [-0.3, -0.25) is 4.79 Å². The normalized spacial score (nSPS) is 10.1. The highest BCUT2D eigenvalue weighted by atomic mass is 32.1. The van der Waals surface area contributed by atoms with Crippen molar-refractivity contribution in [2.75, 3.05) is 0 Å². The Hall–Kier alpha value is -1.61. The summed E-state index contributed by atoms with van der Waals surface area (Å²) >= 11 is 1.64. The lowest BCUT2D eigenvalue weighted by atomic mass is 10.1.